The van der Waals surface area contributed by atoms with E-state index in [-0.39, 0.29) is 11.7 Å². The average Bonchev–Trinajstić information content (AvgIpc) is 2.38. The molecule has 2 rings (SSSR count). The number of halogens is 2. The zero-order valence-corrected chi connectivity index (χ0v) is 11.9. The van der Waals surface area contributed by atoms with Gasteiger partial charge in [-0.2, -0.15) is 0 Å². The third-order valence-corrected chi connectivity index (χ3v) is 3.50. The van der Waals surface area contributed by atoms with Crippen LogP contribution in [0.3, 0.4) is 0 Å². The largest absolute Gasteiger partial charge is 0.384 e. The number of nitrogens with zero attached hydrogens (tertiary/aromatic N) is 1. The minimum atomic E-state index is -0.279. The van der Waals surface area contributed by atoms with E-state index in [9.17, 15) is 4.39 Å². The van der Waals surface area contributed by atoms with Crippen molar-refractivity contribution in [2.75, 3.05) is 11.9 Å². The van der Waals surface area contributed by atoms with E-state index < -0.39 is 0 Å². The smallest absolute Gasteiger partial charge is 0.126 e. The van der Waals surface area contributed by atoms with Crippen molar-refractivity contribution in [2.45, 2.75) is 0 Å². The number of nitrogen functional groups attached to an aromatic ring is 1. The SMILES string of the molecule is CN(c1ccc(F)cc1)c1cccc(Br)c1C(=N)N. The van der Waals surface area contributed by atoms with Gasteiger partial charge in [-0.25, -0.2) is 4.39 Å². The lowest BCUT2D eigenvalue weighted by Gasteiger charge is -2.23. The maximum Gasteiger partial charge on any atom is 0.126 e. The molecule has 0 saturated heterocycles. The Morgan fingerprint density at radius 3 is 2.42 bits per heavy atom. The highest BCUT2D eigenvalue weighted by atomic mass is 79.9. The molecule has 0 aromatic heterocycles. The van der Waals surface area contributed by atoms with Gasteiger partial charge in [0.25, 0.3) is 0 Å². The van der Waals surface area contributed by atoms with E-state index >= 15 is 0 Å². The second-order valence-corrected chi connectivity index (χ2v) is 4.94. The average molecular weight is 322 g/mol. The first-order valence-corrected chi connectivity index (χ1v) is 6.42. The molecule has 0 spiro atoms. The highest BCUT2D eigenvalue weighted by Gasteiger charge is 2.14. The quantitative estimate of drug-likeness (QED) is 0.669. The normalized spacial score (nSPS) is 10.3. The van der Waals surface area contributed by atoms with Gasteiger partial charge in [-0.1, -0.05) is 6.07 Å². The van der Waals surface area contributed by atoms with Crippen LogP contribution in [-0.2, 0) is 0 Å². The summed E-state index contributed by atoms with van der Waals surface area (Å²) in [4.78, 5) is 1.86. The Labute approximate surface area is 119 Å². The lowest BCUT2D eigenvalue weighted by Crippen LogP contribution is -2.19. The van der Waals surface area contributed by atoms with Gasteiger partial charge in [-0.3, -0.25) is 5.41 Å². The van der Waals surface area contributed by atoms with Crippen LogP contribution in [0.25, 0.3) is 0 Å². The van der Waals surface area contributed by atoms with E-state index in [0.717, 1.165) is 15.8 Å². The van der Waals surface area contributed by atoms with E-state index in [0.29, 0.717) is 5.56 Å². The Morgan fingerprint density at radius 2 is 1.84 bits per heavy atom. The van der Waals surface area contributed by atoms with E-state index in [4.69, 9.17) is 11.1 Å². The Kier molecular flexibility index (Phi) is 3.85. The minimum absolute atomic E-state index is 0.0172. The Morgan fingerprint density at radius 1 is 1.21 bits per heavy atom. The fourth-order valence-corrected chi connectivity index (χ4v) is 2.43. The molecule has 0 fully saturated rings. The zero-order valence-electron chi connectivity index (χ0n) is 10.3. The van der Waals surface area contributed by atoms with Crippen molar-refractivity contribution in [1.82, 2.24) is 0 Å². The van der Waals surface area contributed by atoms with Crippen LogP contribution in [0, 0.1) is 11.2 Å². The number of hydrogen-bond acceptors (Lipinski definition) is 2. The second kappa shape index (κ2) is 5.40. The number of anilines is 2. The molecular formula is C14H13BrFN3. The molecule has 3 N–H and O–H groups in total. The molecule has 0 aliphatic heterocycles. The molecule has 0 aliphatic rings. The Hall–Kier alpha value is -1.88. The van der Waals surface area contributed by atoms with Gasteiger partial charge in [-0.15, -0.1) is 0 Å². The van der Waals surface area contributed by atoms with Crippen molar-refractivity contribution in [3.05, 3.63) is 58.3 Å². The van der Waals surface area contributed by atoms with E-state index in [1.165, 1.54) is 12.1 Å². The van der Waals surface area contributed by atoms with Crippen LogP contribution in [-0.4, -0.2) is 12.9 Å². The van der Waals surface area contributed by atoms with Crippen molar-refractivity contribution >= 4 is 33.1 Å². The van der Waals surface area contributed by atoms with Crippen LogP contribution >= 0.6 is 15.9 Å². The van der Waals surface area contributed by atoms with Gasteiger partial charge in [0, 0.05) is 17.2 Å². The van der Waals surface area contributed by atoms with Crippen molar-refractivity contribution < 1.29 is 4.39 Å². The van der Waals surface area contributed by atoms with Crippen LogP contribution < -0.4 is 10.6 Å². The highest BCUT2D eigenvalue weighted by molar-refractivity contribution is 9.10. The van der Waals surface area contributed by atoms with Gasteiger partial charge in [-0.05, 0) is 52.3 Å². The summed E-state index contributed by atoms with van der Waals surface area (Å²) in [6.45, 7) is 0. The maximum absolute atomic E-state index is 12.9. The van der Waals surface area contributed by atoms with Gasteiger partial charge in [0.2, 0.25) is 0 Å². The predicted molar refractivity (Wildman–Crippen MR) is 79.6 cm³/mol. The molecule has 2 aromatic rings. The fraction of sp³-hybridized carbons (Fsp3) is 0.0714. The molecule has 2 aromatic carbocycles. The van der Waals surface area contributed by atoms with Crippen molar-refractivity contribution in [1.29, 1.82) is 5.41 Å². The summed E-state index contributed by atoms with van der Waals surface area (Å²) >= 11 is 3.39. The summed E-state index contributed by atoms with van der Waals surface area (Å²) in [6.07, 6.45) is 0. The number of nitrogens with two attached hydrogens (primary N) is 1. The lowest BCUT2D eigenvalue weighted by molar-refractivity contribution is 0.628. The van der Waals surface area contributed by atoms with Gasteiger partial charge in [0.15, 0.2) is 0 Å². The van der Waals surface area contributed by atoms with Crippen LogP contribution in [0.2, 0.25) is 0 Å². The van der Waals surface area contributed by atoms with Gasteiger partial charge in [0.05, 0.1) is 11.3 Å². The summed E-state index contributed by atoms with van der Waals surface area (Å²) in [6, 6.07) is 11.7. The summed E-state index contributed by atoms with van der Waals surface area (Å²) < 4.78 is 13.7. The van der Waals surface area contributed by atoms with Crippen LogP contribution in [0.1, 0.15) is 5.56 Å². The first-order chi connectivity index (χ1) is 9.00. The monoisotopic (exact) mass is 321 g/mol. The first-order valence-electron chi connectivity index (χ1n) is 5.63. The molecule has 0 atom stereocenters. The summed E-state index contributed by atoms with van der Waals surface area (Å²) in [7, 11) is 1.85. The van der Waals surface area contributed by atoms with Crippen molar-refractivity contribution in [2.24, 2.45) is 5.73 Å². The Balaban J connectivity index is 2.49. The molecule has 5 heteroatoms. The molecule has 0 heterocycles. The molecule has 98 valence electrons. The fourth-order valence-electron chi connectivity index (χ4n) is 1.86. The number of nitrogens with one attached hydrogen (secondary N) is 1. The standard InChI is InChI=1S/C14H13BrFN3/c1-19(10-7-5-9(16)6-8-10)12-4-2-3-11(15)13(12)14(17)18/h2-8H,1H3,(H3,17,18). The topological polar surface area (TPSA) is 53.1 Å². The molecular weight excluding hydrogens is 309 g/mol. The zero-order chi connectivity index (χ0) is 14.0. The summed E-state index contributed by atoms with van der Waals surface area (Å²) in [5, 5.41) is 7.67. The number of rotatable bonds is 3. The van der Waals surface area contributed by atoms with E-state index in [1.54, 1.807) is 12.1 Å². The van der Waals surface area contributed by atoms with E-state index in [2.05, 4.69) is 15.9 Å². The number of amidine groups is 1. The molecule has 0 saturated carbocycles. The van der Waals surface area contributed by atoms with Crippen molar-refractivity contribution in [3.63, 3.8) is 0 Å². The summed E-state index contributed by atoms with van der Waals surface area (Å²) in [5.74, 6) is -0.297. The molecule has 0 amide bonds. The van der Waals surface area contributed by atoms with Crippen molar-refractivity contribution in [3.8, 4) is 0 Å². The third-order valence-electron chi connectivity index (χ3n) is 2.84. The Bertz CT molecular complexity index is 611. The van der Waals surface area contributed by atoms with Crippen LogP contribution in [0.15, 0.2) is 46.9 Å². The van der Waals surface area contributed by atoms with Gasteiger partial charge >= 0.3 is 0 Å². The second-order valence-electron chi connectivity index (χ2n) is 4.08. The molecule has 0 bridgehead atoms. The van der Waals surface area contributed by atoms with Gasteiger partial charge in [0.1, 0.15) is 11.7 Å². The van der Waals surface area contributed by atoms with Crippen LogP contribution in [0.5, 0.6) is 0 Å². The highest BCUT2D eigenvalue weighted by Crippen LogP contribution is 2.31. The molecule has 3 nitrogen and oxygen atoms in total. The summed E-state index contributed by atoms with van der Waals surface area (Å²) in [5.41, 5.74) is 7.85. The van der Waals surface area contributed by atoms with Gasteiger partial charge < -0.3 is 10.6 Å². The molecule has 0 aliphatic carbocycles. The van der Waals surface area contributed by atoms with Crippen LogP contribution in [0.4, 0.5) is 15.8 Å². The molecule has 19 heavy (non-hydrogen) atoms. The number of hydrogen-bond donors (Lipinski definition) is 2. The molecule has 0 radical (unpaired) electrons. The first kappa shape index (κ1) is 13.5. The number of benzene rings is 2. The maximum atomic E-state index is 12.9. The minimum Gasteiger partial charge on any atom is -0.384 e. The predicted octanol–water partition coefficient (Wildman–Crippen LogP) is 3.64. The molecule has 0 unspecified atom stereocenters. The van der Waals surface area contributed by atoms with E-state index in [1.807, 2.05) is 30.1 Å². The third kappa shape index (κ3) is 2.76. The lowest BCUT2D eigenvalue weighted by atomic mass is 10.1.